The molecule has 0 spiro atoms. The van der Waals surface area contributed by atoms with Crippen LogP contribution < -0.4 is 10.2 Å². The summed E-state index contributed by atoms with van der Waals surface area (Å²) in [6.45, 7) is 3.94. The zero-order chi connectivity index (χ0) is 20.2. The first-order valence-corrected chi connectivity index (χ1v) is 9.68. The minimum atomic E-state index is -0.570. The second kappa shape index (κ2) is 8.45. The van der Waals surface area contributed by atoms with Crippen LogP contribution in [0.4, 0.5) is 10.2 Å². The summed E-state index contributed by atoms with van der Waals surface area (Å²) in [4.78, 5) is 20.6. The molecule has 3 heterocycles. The monoisotopic (exact) mass is 395 g/mol. The number of anilines is 1. The molecule has 150 valence electrons. The van der Waals surface area contributed by atoms with E-state index in [1.807, 2.05) is 12.1 Å². The summed E-state index contributed by atoms with van der Waals surface area (Å²) in [6.07, 6.45) is 4.45. The minimum absolute atomic E-state index is 0.00613. The fourth-order valence-electron chi connectivity index (χ4n) is 3.67. The molecule has 7 nitrogen and oxygen atoms in total. The van der Waals surface area contributed by atoms with Crippen LogP contribution in [0.15, 0.2) is 36.5 Å². The Morgan fingerprint density at radius 2 is 2.00 bits per heavy atom. The lowest BCUT2D eigenvalue weighted by Gasteiger charge is -2.28. The molecule has 0 aliphatic carbocycles. The Morgan fingerprint density at radius 1 is 1.21 bits per heavy atom. The molecular weight excluding hydrogens is 373 g/mol. The summed E-state index contributed by atoms with van der Waals surface area (Å²) < 4.78 is 20.1. The predicted octanol–water partition coefficient (Wildman–Crippen LogP) is 2.01. The Bertz CT molecular complexity index is 939. The van der Waals surface area contributed by atoms with Gasteiger partial charge in [-0.15, -0.1) is 0 Å². The van der Waals surface area contributed by atoms with Gasteiger partial charge in [-0.25, -0.2) is 9.37 Å². The molecule has 2 saturated heterocycles. The van der Waals surface area contributed by atoms with Crippen molar-refractivity contribution in [2.45, 2.75) is 12.5 Å². The molecule has 2 fully saturated rings. The Labute approximate surface area is 168 Å². The number of carbonyl (C=O) groups is 1. The number of nitrogens with one attached hydrogen (secondary N) is 1. The summed E-state index contributed by atoms with van der Waals surface area (Å²) in [5.41, 5.74) is 1.53. The van der Waals surface area contributed by atoms with E-state index in [9.17, 15) is 9.18 Å². The number of nitriles is 1. The van der Waals surface area contributed by atoms with Crippen LogP contribution >= 0.6 is 0 Å². The number of benzene rings is 1. The topological polar surface area (TPSA) is 81.5 Å². The highest BCUT2D eigenvalue weighted by Gasteiger charge is 2.24. The molecule has 1 unspecified atom stereocenters. The Morgan fingerprint density at radius 3 is 2.72 bits per heavy atom. The van der Waals surface area contributed by atoms with Crippen molar-refractivity contribution < 1.29 is 13.9 Å². The van der Waals surface area contributed by atoms with Gasteiger partial charge in [-0.1, -0.05) is 6.07 Å². The average Bonchev–Trinajstić information content (AvgIpc) is 3.22. The number of nitrogens with zero attached hydrogens (tertiary/aromatic N) is 4. The third-order valence-electron chi connectivity index (χ3n) is 5.29. The third kappa shape index (κ3) is 4.30. The summed E-state index contributed by atoms with van der Waals surface area (Å²) in [6, 6.07) is 8.24. The molecule has 2 aliphatic heterocycles. The molecule has 8 heteroatoms. The van der Waals surface area contributed by atoms with Crippen LogP contribution in [0.5, 0.6) is 0 Å². The third-order valence-corrected chi connectivity index (χ3v) is 5.29. The van der Waals surface area contributed by atoms with Gasteiger partial charge in [0, 0.05) is 38.4 Å². The highest BCUT2D eigenvalue weighted by molar-refractivity contribution is 5.95. The molecule has 1 amide bonds. The average molecular weight is 395 g/mol. The normalized spacial score (nSPS) is 19.1. The summed E-state index contributed by atoms with van der Waals surface area (Å²) in [7, 11) is 0. The Hall–Kier alpha value is -3.18. The van der Waals surface area contributed by atoms with Crippen molar-refractivity contribution in [3.63, 3.8) is 0 Å². The molecule has 1 atom stereocenters. The van der Waals surface area contributed by atoms with Gasteiger partial charge >= 0.3 is 0 Å². The molecule has 2 aromatic rings. The van der Waals surface area contributed by atoms with Crippen molar-refractivity contribution in [1.82, 2.24) is 15.2 Å². The van der Waals surface area contributed by atoms with Gasteiger partial charge in [0.25, 0.3) is 5.91 Å². The van der Waals surface area contributed by atoms with E-state index >= 15 is 0 Å². The molecule has 1 aromatic heterocycles. The number of rotatable bonds is 4. The van der Waals surface area contributed by atoms with Gasteiger partial charge in [0.2, 0.25) is 0 Å². The van der Waals surface area contributed by atoms with Crippen LogP contribution in [0.2, 0.25) is 0 Å². The van der Waals surface area contributed by atoms with E-state index in [1.165, 1.54) is 12.1 Å². The molecule has 2 aliphatic rings. The van der Waals surface area contributed by atoms with Crippen molar-refractivity contribution in [2.75, 3.05) is 44.3 Å². The van der Waals surface area contributed by atoms with Crippen molar-refractivity contribution >= 4 is 11.7 Å². The van der Waals surface area contributed by atoms with E-state index in [-0.39, 0.29) is 11.6 Å². The largest absolute Gasteiger partial charge is 0.378 e. The number of likely N-dealkylation sites (tertiary alicyclic amines) is 1. The van der Waals surface area contributed by atoms with Gasteiger partial charge in [0.05, 0.1) is 18.8 Å². The number of morpholine rings is 1. The zero-order valence-electron chi connectivity index (χ0n) is 16.0. The van der Waals surface area contributed by atoms with E-state index in [4.69, 9.17) is 10.00 Å². The van der Waals surface area contributed by atoms with Gasteiger partial charge in [-0.3, -0.25) is 4.79 Å². The lowest BCUT2D eigenvalue weighted by Crippen LogP contribution is -2.36. The second-order valence-corrected chi connectivity index (χ2v) is 7.20. The minimum Gasteiger partial charge on any atom is -0.378 e. The molecule has 1 aromatic carbocycles. The van der Waals surface area contributed by atoms with Crippen LogP contribution in [0.3, 0.4) is 0 Å². The summed E-state index contributed by atoms with van der Waals surface area (Å²) in [5.74, 6) is -0.196. The quantitative estimate of drug-likeness (QED) is 0.798. The lowest BCUT2D eigenvalue weighted by atomic mass is 10.0. The number of amides is 1. The summed E-state index contributed by atoms with van der Waals surface area (Å²) >= 11 is 0. The zero-order valence-corrected chi connectivity index (χ0v) is 16.0. The second-order valence-electron chi connectivity index (χ2n) is 7.20. The molecule has 0 bridgehead atoms. The number of aromatic nitrogens is 1. The Balaban J connectivity index is 1.48. The van der Waals surface area contributed by atoms with Crippen LogP contribution in [0.25, 0.3) is 11.1 Å². The highest BCUT2D eigenvalue weighted by Crippen LogP contribution is 2.25. The van der Waals surface area contributed by atoms with E-state index < -0.39 is 11.7 Å². The first kappa shape index (κ1) is 19.2. The fourth-order valence-corrected chi connectivity index (χ4v) is 3.67. The van der Waals surface area contributed by atoms with Crippen LogP contribution in [-0.4, -0.2) is 61.2 Å². The smallest absolute Gasteiger partial charge is 0.254 e. The number of hydrogen-bond donors (Lipinski definition) is 1. The maximum Gasteiger partial charge on any atom is 0.254 e. The number of hydrogen-bond acceptors (Lipinski definition) is 6. The number of carbonyl (C=O) groups excluding carboxylic acids is 1. The van der Waals surface area contributed by atoms with Gasteiger partial charge in [-0.05, 0) is 41.8 Å². The Kier molecular flexibility index (Phi) is 5.58. The SMILES string of the molecule is N#CN1CCC(NC(=O)c2ccc(-c3ccnc(N4CCOCC4)c3)cc2F)C1. The van der Waals surface area contributed by atoms with Gasteiger partial charge < -0.3 is 19.9 Å². The molecule has 0 saturated carbocycles. The molecule has 29 heavy (non-hydrogen) atoms. The standard InChI is InChI=1S/C21H22FN5O2/c22-19-11-15(16-3-5-24-20(12-16)27-7-9-29-10-8-27)1-2-18(19)21(28)25-17-4-6-26(13-17)14-23/h1-3,5,11-12,17H,4,6-10,13H2,(H,25,28). The molecule has 4 rings (SSSR count). The van der Waals surface area contributed by atoms with Crippen molar-refractivity contribution in [2.24, 2.45) is 0 Å². The maximum absolute atomic E-state index is 14.7. The van der Waals surface area contributed by atoms with Crippen molar-refractivity contribution in [1.29, 1.82) is 5.26 Å². The van der Waals surface area contributed by atoms with Crippen molar-refractivity contribution in [3.8, 4) is 17.3 Å². The van der Waals surface area contributed by atoms with Crippen LogP contribution in [0, 0.1) is 17.3 Å². The first-order chi connectivity index (χ1) is 14.1. The van der Waals surface area contributed by atoms with E-state index in [0.29, 0.717) is 38.3 Å². The maximum atomic E-state index is 14.7. The highest BCUT2D eigenvalue weighted by atomic mass is 19.1. The first-order valence-electron chi connectivity index (χ1n) is 9.68. The summed E-state index contributed by atoms with van der Waals surface area (Å²) in [5, 5.41) is 11.7. The van der Waals surface area contributed by atoms with Crippen LogP contribution in [0.1, 0.15) is 16.8 Å². The van der Waals surface area contributed by atoms with E-state index in [2.05, 4.69) is 21.4 Å². The van der Waals surface area contributed by atoms with Gasteiger partial charge in [0.1, 0.15) is 11.6 Å². The lowest BCUT2D eigenvalue weighted by molar-refractivity contribution is 0.0934. The van der Waals surface area contributed by atoms with E-state index in [0.717, 1.165) is 24.5 Å². The number of halogens is 1. The predicted molar refractivity (Wildman–Crippen MR) is 106 cm³/mol. The van der Waals surface area contributed by atoms with Gasteiger partial charge in [0.15, 0.2) is 6.19 Å². The molecule has 1 N–H and O–H groups in total. The molecular formula is C21H22FN5O2. The van der Waals surface area contributed by atoms with E-state index in [1.54, 1.807) is 17.2 Å². The fraction of sp³-hybridized carbons (Fsp3) is 0.381. The van der Waals surface area contributed by atoms with Crippen LogP contribution in [-0.2, 0) is 4.74 Å². The van der Waals surface area contributed by atoms with Gasteiger partial charge in [-0.2, -0.15) is 5.26 Å². The molecule has 0 radical (unpaired) electrons. The van der Waals surface area contributed by atoms with Crippen molar-refractivity contribution in [3.05, 3.63) is 47.9 Å². The number of ether oxygens (including phenoxy) is 1. The number of pyridine rings is 1.